The first-order valence-electron chi connectivity index (χ1n) is 10.0. The van der Waals surface area contributed by atoms with Crippen molar-refractivity contribution in [3.63, 3.8) is 0 Å². The minimum atomic E-state index is -0.0966. The fraction of sp³-hybridized carbons (Fsp3) is 0.409. The van der Waals surface area contributed by atoms with Gasteiger partial charge in [-0.15, -0.1) is 0 Å². The summed E-state index contributed by atoms with van der Waals surface area (Å²) in [6.07, 6.45) is 7.23. The van der Waals surface area contributed by atoms with Gasteiger partial charge in [0.1, 0.15) is 0 Å². The highest BCUT2D eigenvalue weighted by atomic mass is 16.1. The van der Waals surface area contributed by atoms with Crippen LogP contribution in [0.15, 0.2) is 24.4 Å². The van der Waals surface area contributed by atoms with Gasteiger partial charge in [0, 0.05) is 28.7 Å². The second-order valence-electron chi connectivity index (χ2n) is 8.75. The molecule has 1 aromatic carbocycles. The van der Waals surface area contributed by atoms with Crippen molar-refractivity contribution >= 4 is 22.8 Å². The van der Waals surface area contributed by atoms with Gasteiger partial charge in [-0.3, -0.25) is 4.79 Å². The Kier molecular flexibility index (Phi) is 3.73. The molecule has 0 aliphatic heterocycles. The Labute approximate surface area is 164 Å². The zero-order valence-electron chi connectivity index (χ0n) is 16.3. The fourth-order valence-electron chi connectivity index (χ4n) is 4.88. The van der Waals surface area contributed by atoms with Gasteiger partial charge in [-0.05, 0) is 54.0 Å². The van der Waals surface area contributed by atoms with E-state index in [0.29, 0.717) is 11.6 Å². The number of hydrogen-bond acceptors (Lipinski definition) is 4. The Balaban J connectivity index is 1.62. The minimum Gasteiger partial charge on any atom is -0.368 e. The third kappa shape index (κ3) is 2.66. The van der Waals surface area contributed by atoms with Crippen molar-refractivity contribution in [1.29, 1.82) is 0 Å². The number of amides is 1. The first-order chi connectivity index (χ1) is 13.4. The first kappa shape index (κ1) is 17.2. The summed E-state index contributed by atoms with van der Waals surface area (Å²) in [4.78, 5) is 25.0. The Morgan fingerprint density at radius 3 is 2.86 bits per heavy atom. The van der Waals surface area contributed by atoms with Gasteiger partial charge in [-0.25, -0.2) is 9.97 Å². The summed E-state index contributed by atoms with van der Waals surface area (Å²) in [5, 5.41) is 4.27. The SMILES string of the molecule is CC1(C)Cc2cnc(N)nc2-c2[nH]c3ccc(C(=O)NC4CCCC4)cc3c21. The maximum Gasteiger partial charge on any atom is 0.251 e. The van der Waals surface area contributed by atoms with Crippen LogP contribution in [0.25, 0.3) is 22.3 Å². The molecule has 0 spiro atoms. The Morgan fingerprint density at radius 2 is 2.07 bits per heavy atom. The molecule has 1 saturated carbocycles. The number of aromatic nitrogens is 3. The van der Waals surface area contributed by atoms with Crippen molar-refractivity contribution in [2.75, 3.05) is 5.73 Å². The molecule has 3 aromatic rings. The quantitative estimate of drug-likeness (QED) is 0.636. The second kappa shape index (κ2) is 6.06. The molecule has 2 aliphatic carbocycles. The molecule has 0 radical (unpaired) electrons. The van der Waals surface area contributed by atoms with E-state index in [2.05, 4.69) is 34.1 Å². The molecule has 1 fully saturated rings. The number of nitrogen functional groups attached to an aromatic ring is 1. The van der Waals surface area contributed by atoms with Crippen LogP contribution in [-0.4, -0.2) is 26.9 Å². The van der Waals surface area contributed by atoms with E-state index in [0.717, 1.165) is 47.1 Å². The molecular formula is C22H25N5O. The van der Waals surface area contributed by atoms with Gasteiger partial charge < -0.3 is 16.0 Å². The van der Waals surface area contributed by atoms with E-state index in [9.17, 15) is 4.79 Å². The number of aromatic amines is 1. The molecule has 6 heteroatoms. The highest BCUT2D eigenvalue weighted by molar-refractivity contribution is 6.01. The van der Waals surface area contributed by atoms with Crippen LogP contribution in [0, 0.1) is 0 Å². The van der Waals surface area contributed by atoms with Crippen molar-refractivity contribution in [3.05, 3.63) is 41.1 Å². The van der Waals surface area contributed by atoms with Crippen molar-refractivity contribution in [2.24, 2.45) is 0 Å². The maximum absolute atomic E-state index is 12.8. The number of nitrogens with zero attached hydrogens (tertiary/aromatic N) is 2. The molecule has 28 heavy (non-hydrogen) atoms. The third-order valence-electron chi connectivity index (χ3n) is 6.18. The van der Waals surface area contributed by atoms with Gasteiger partial charge in [0.2, 0.25) is 5.95 Å². The van der Waals surface area contributed by atoms with Crippen LogP contribution in [0.4, 0.5) is 5.95 Å². The Bertz CT molecular complexity index is 1090. The summed E-state index contributed by atoms with van der Waals surface area (Å²) in [5.41, 5.74) is 11.6. The van der Waals surface area contributed by atoms with Crippen LogP contribution in [0.5, 0.6) is 0 Å². The number of benzene rings is 1. The lowest BCUT2D eigenvalue weighted by atomic mass is 9.73. The van der Waals surface area contributed by atoms with E-state index in [1.54, 1.807) is 0 Å². The van der Waals surface area contributed by atoms with Crippen LogP contribution in [-0.2, 0) is 11.8 Å². The Hall–Kier alpha value is -2.89. The Morgan fingerprint density at radius 1 is 1.29 bits per heavy atom. The lowest BCUT2D eigenvalue weighted by molar-refractivity contribution is 0.0938. The molecule has 0 bridgehead atoms. The van der Waals surface area contributed by atoms with Crippen molar-refractivity contribution in [2.45, 2.75) is 57.4 Å². The van der Waals surface area contributed by atoms with Crippen LogP contribution in [0.1, 0.15) is 61.0 Å². The smallest absolute Gasteiger partial charge is 0.251 e. The number of rotatable bonds is 2. The zero-order valence-corrected chi connectivity index (χ0v) is 16.3. The van der Waals surface area contributed by atoms with Crippen LogP contribution < -0.4 is 11.1 Å². The van der Waals surface area contributed by atoms with E-state index in [1.165, 1.54) is 18.4 Å². The number of anilines is 1. The summed E-state index contributed by atoms with van der Waals surface area (Å²) in [6, 6.07) is 6.23. The lowest BCUT2D eigenvalue weighted by Gasteiger charge is -2.31. The highest BCUT2D eigenvalue weighted by Gasteiger charge is 2.35. The second-order valence-corrected chi connectivity index (χ2v) is 8.75. The maximum atomic E-state index is 12.8. The van der Waals surface area contributed by atoms with Gasteiger partial charge in [0.05, 0.1) is 11.4 Å². The number of fused-ring (bicyclic) bond motifs is 5. The summed E-state index contributed by atoms with van der Waals surface area (Å²) in [7, 11) is 0. The molecule has 144 valence electrons. The average Bonchev–Trinajstić information content (AvgIpc) is 3.29. The van der Waals surface area contributed by atoms with Gasteiger partial charge in [-0.2, -0.15) is 0 Å². The van der Waals surface area contributed by atoms with Crippen molar-refractivity contribution < 1.29 is 4.79 Å². The molecule has 0 saturated heterocycles. The van der Waals surface area contributed by atoms with E-state index in [4.69, 9.17) is 5.73 Å². The predicted molar refractivity (Wildman–Crippen MR) is 110 cm³/mol. The first-order valence-corrected chi connectivity index (χ1v) is 10.0. The molecule has 2 heterocycles. The molecule has 0 atom stereocenters. The third-order valence-corrected chi connectivity index (χ3v) is 6.18. The highest BCUT2D eigenvalue weighted by Crippen LogP contribution is 2.45. The van der Waals surface area contributed by atoms with E-state index >= 15 is 0 Å². The molecule has 2 aromatic heterocycles. The summed E-state index contributed by atoms with van der Waals surface area (Å²) < 4.78 is 0. The predicted octanol–water partition coefficient (Wildman–Crippen LogP) is 3.71. The van der Waals surface area contributed by atoms with Gasteiger partial charge in [0.15, 0.2) is 0 Å². The van der Waals surface area contributed by atoms with Crippen molar-refractivity contribution in [3.8, 4) is 11.4 Å². The van der Waals surface area contributed by atoms with Gasteiger partial charge >= 0.3 is 0 Å². The summed E-state index contributed by atoms with van der Waals surface area (Å²) in [6.45, 7) is 4.45. The monoisotopic (exact) mass is 375 g/mol. The number of nitrogens with two attached hydrogens (primary N) is 1. The molecule has 2 aliphatic rings. The largest absolute Gasteiger partial charge is 0.368 e. The van der Waals surface area contributed by atoms with E-state index < -0.39 is 0 Å². The lowest BCUT2D eigenvalue weighted by Crippen LogP contribution is -2.32. The van der Waals surface area contributed by atoms with Crippen LogP contribution >= 0.6 is 0 Å². The standard InChI is InChI=1S/C22H25N5O/c1-22(2)10-13-11-24-21(23)27-18(13)19-17(22)15-9-12(7-8-16(15)26-19)20(28)25-14-5-3-4-6-14/h7-9,11,14,26H,3-6,10H2,1-2H3,(H,25,28)(H2,23,24,27). The van der Waals surface area contributed by atoms with E-state index in [-0.39, 0.29) is 17.3 Å². The van der Waals surface area contributed by atoms with E-state index in [1.807, 2.05) is 24.4 Å². The number of carbonyl (C=O) groups excluding carboxylic acids is 1. The average molecular weight is 375 g/mol. The fourth-order valence-corrected chi connectivity index (χ4v) is 4.88. The van der Waals surface area contributed by atoms with Crippen LogP contribution in [0.2, 0.25) is 0 Å². The summed E-state index contributed by atoms with van der Waals surface area (Å²) in [5.74, 6) is 0.295. The normalized spacial score (nSPS) is 18.1. The molecular weight excluding hydrogens is 350 g/mol. The number of hydrogen-bond donors (Lipinski definition) is 3. The molecule has 0 unspecified atom stereocenters. The zero-order chi connectivity index (χ0) is 19.5. The number of H-pyrrole nitrogens is 1. The van der Waals surface area contributed by atoms with Gasteiger partial charge in [0.25, 0.3) is 5.91 Å². The van der Waals surface area contributed by atoms with Crippen molar-refractivity contribution in [1.82, 2.24) is 20.3 Å². The molecule has 1 amide bonds. The number of nitrogens with one attached hydrogen (secondary N) is 2. The molecule has 4 N–H and O–H groups in total. The minimum absolute atomic E-state index is 0.0179. The topological polar surface area (TPSA) is 96.7 Å². The molecule has 5 rings (SSSR count). The number of carbonyl (C=O) groups is 1. The molecule has 6 nitrogen and oxygen atoms in total. The van der Waals surface area contributed by atoms with Crippen LogP contribution in [0.3, 0.4) is 0 Å². The van der Waals surface area contributed by atoms with Gasteiger partial charge in [-0.1, -0.05) is 26.7 Å². The summed E-state index contributed by atoms with van der Waals surface area (Å²) >= 11 is 0.